The number of hydrogen-bond donors (Lipinski definition) is 0. The predicted molar refractivity (Wildman–Crippen MR) is 193 cm³/mol. The third-order valence-electron chi connectivity index (χ3n) is 7.84. The summed E-state index contributed by atoms with van der Waals surface area (Å²) in [5, 5.41) is 2.31. The number of hydrogen-bond acceptors (Lipinski definition) is 0. The number of benzene rings is 4. The van der Waals surface area contributed by atoms with Crippen LogP contribution in [0.2, 0.25) is 0 Å². The summed E-state index contributed by atoms with van der Waals surface area (Å²) >= 11 is 0. The summed E-state index contributed by atoms with van der Waals surface area (Å²) in [7, 11) is 0. The van der Waals surface area contributed by atoms with Gasteiger partial charge in [-0.25, -0.2) is 0 Å². The Morgan fingerprint density at radius 1 is 0.477 bits per heavy atom. The molecule has 0 N–H and O–H groups in total. The van der Waals surface area contributed by atoms with Crippen LogP contribution in [0, 0.1) is 13.8 Å². The van der Waals surface area contributed by atoms with Crippen molar-refractivity contribution in [2.24, 2.45) is 0 Å². The van der Waals surface area contributed by atoms with Gasteiger partial charge in [0.1, 0.15) is 0 Å². The third kappa shape index (κ3) is 7.30. The lowest BCUT2D eigenvalue weighted by molar-refractivity contribution is 1.36. The highest BCUT2D eigenvalue weighted by atomic mass is 14.1. The van der Waals surface area contributed by atoms with Crippen LogP contribution in [-0.4, -0.2) is 0 Å². The molecule has 5 aromatic carbocycles. The van der Waals surface area contributed by atoms with Crippen molar-refractivity contribution in [3.05, 3.63) is 200 Å². The Balaban J connectivity index is 2.07. The van der Waals surface area contributed by atoms with Crippen LogP contribution in [0.5, 0.6) is 0 Å². The molecule has 5 aromatic rings. The fourth-order valence-corrected chi connectivity index (χ4v) is 5.21. The molecular formula is C44H38. The van der Waals surface area contributed by atoms with Gasteiger partial charge in [0.15, 0.2) is 0 Å². The maximum atomic E-state index is 4.44. The molecule has 0 nitrogen and oxygen atoms in total. The number of fused-ring (bicyclic) bond motifs is 1. The summed E-state index contributed by atoms with van der Waals surface area (Å²) in [4.78, 5) is 0. The van der Waals surface area contributed by atoms with Gasteiger partial charge in [-0.2, -0.15) is 0 Å². The summed E-state index contributed by atoms with van der Waals surface area (Å²) in [6.45, 7) is 12.6. The van der Waals surface area contributed by atoms with Gasteiger partial charge in [0.25, 0.3) is 0 Å². The lowest BCUT2D eigenvalue weighted by atomic mass is 9.93. The van der Waals surface area contributed by atoms with E-state index in [4.69, 9.17) is 0 Å². The fraction of sp³-hybridized carbons (Fsp3) is 0.0455. The van der Waals surface area contributed by atoms with Gasteiger partial charge in [-0.05, 0) is 92.4 Å². The molecule has 214 valence electrons. The molecule has 0 spiro atoms. The van der Waals surface area contributed by atoms with E-state index in [2.05, 4.69) is 179 Å². The zero-order chi connectivity index (χ0) is 30.7. The molecule has 44 heavy (non-hydrogen) atoms. The Morgan fingerprint density at radius 3 is 1.45 bits per heavy atom. The molecular weight excluding hydrogens is 528 g/mol. The van der Waals surface area contributed by atoms with Crippen molar-refractivity contribution in [3.8, 4) is 33.4 Å². The normalized spacial score (nSPS) is 10.6. The van der Waals surface area contributed by atoms with Crippen molar-refractivity contribution in [1.29, 1.82) is 0 Å². The van der Waals surface area contributed by atoms with Gasteiger partial charge in [0.2, 0.25) is 0 Å². The van der Waals surface area contributed by atoms with Crippen LogP contribution in [-0.2, 0) is 0 Å². The number of allylic oxidation sites excluding steroid dienone is 4. The number of aryl methyl sites for hydroxylation is 2. The van der Waals surface area contributed by atoms with Gasteiger partial charge in [-0.15, -0.1) is 0 Å². The van der Waals surface area contributed by atoms with Gasteiger partial charge in [0, 0.05) is 0 Å². The molecule has 0 bridgehead atoms. The minimum atomic E-state index is 0.915. The van der Waals surface area contributed by atoms with Crippen molar-refractivity contribution in [1.82, 2.24) is 0 Å². The van der Waals surface area contributed by atoms with E-state index in [1.165, 1.54) is 16.7 Å². The van der Waals surface area contributed by atoms with E-state index in [0.717, 1.165) is 49.7 Å². The quantitative estimate of drug-likeness (QED) is 0.179. The predicted octanol–water partition coefficient (Wildman–Crippen LogP) is 12.5. The summed E-state index contributed by atoms with van der Waals surface area (Å²) in [5.74, 6) is 0. The molecule has 0 amide bonds. The lowest BCUT2D eigenvalue weighted by Crippen LogP contribution is -1.86. The minimum absolute atomic E-state index is 0.915. The van der Waals surface area contributed by atoms with E-state index >= 15 is 0 Å². The van der Waals surface area contributed by atoms with Gasteiger partial charge < -0.3 is 0 Å². The molecule has 0 aromatic heterocycles. The number of rotatable bonds is 6. The largest absolute Gasteiger partial charge is 0.0991 e. The maximum absolute atomic E-state index is 4.44. The van der Waals surface area contributed by atoms with Crippen LogP contribution in [0.1, 0.15) is 16.7 Å². The molecule has 0 heteroatoms. The first-order valence-corrected chi connectivity index (χ1v) is 15.0. The molecule has 0 saturated carbocycles. The molecule has 0 fully saturated rings. The van der Waals surface area contributed by atoms with Crippen molar-refractivity contribution in [2.75, 3.05) is 0 Å². The molecule has 5 rings (SSSR count). The average Bonchev–Trinajstić information content (AvgIpc) is 3.08. The summed E-state index contributed by atoms with van der Waals surface area (Å²) < 4.78 is 0. The molecule has 0 heterocycles. The van der Waals surface area contributed by atoms with Crippen LogP contribution in [0.3, 0.4) is 0 Å². The molecule has 0 saturated heterocycles. The SMILES string of the molecule is C=CC=CC(=C)c1ccc(C)c(C)ccc(-c2ccccc2)cc(-c2ccccc2)c2ccccc2c(-c2ccccc2)c1. The standard InChI is InChI=1S/C44H38/c1-5-6-18-35(4)39-29-27-33(2)34(3)28-30-40(36-19-10-7-11-20-36)32-44(38-23-14-9-15-24-38)42-26-17-16-25-41(42)43(31-39)37-21-12-8-13-22-37/h5-32H,1,4H2,2-3H3. The van der Waals surface area contributed by atoms with Gasteiger partial charge >= 0.3 is 0 Å². The second-order valence-corrected chi connectivity index (χ2v) is 10.8. The second kappa shape index (κ2) is 14.6. The first-order chi connectivity index (χ1) is 21.5. The van der Waals surface area contributed by atoms with Crippen LogP contribution >= 0.6 is 0 Å². The zero-order valence-electron chi connectivity index (χ0n) is 25.6. The monoisotopic (exact) mass is 566 g/mol. The van der Waals surface area contributed by atoms with E-state index in [9.17, 15) is 0 Å². The summed E-state index contributed by atoms with van der Waals surface area (Å²) in [6, 6.07) is 54.1. The van der Waals surface area contributed by atoms with E-state index < -0.39 is 0 Å². The molecule has 0 aliphatic rings. The fourth-order valence-electron chi connectivity index (χ4n) is 5.21. The van der Waals surface area contributed by atoms with E-state index in [1.807, 2.05) is 12.2 Å². The Bertz CT molecular complexity index is 1930. The highest BCUT2D eigenvalue weighted by Gasteiger charge is 2.09. The smallest absolute Gasteiger partial charge is 0.00990 e. The van der Waals surface area contributed by atoms with E-state index in [-0.39, 0.29) is 0 Å². The van der Waals surface area contributed by atoms with Crippen molar-refractivity contribution < 1.29 is 0 Å². The van der Waals surface area contributed by atoms with E-state index in [0.29, 0.717) is 0 Å². The highest BCUT2D eigenvalue weighted by molar-refractivity contribution is 6.04. The molecule has 0 aliphatic heterocycles. The van der Waals surface area contributed by atoms with Crippen LogP contribution in [0.15, 0.2) is 183 Å². The molecule has 0 unspecified atom stereocenters. The minimum Gasteiger partial charge on any atom is -0.0991 e. The molecule has 0 radical (unpaired) electrons. The summed E-state index contributed by atoms with van der Waals surface area (Å²) in [5.41, 5.74) is 11.2. The Kier molecular flexibility index (Phi) is 9.98. The summed E-state index contributed by atoms with van der Waals surface area (Å²) in [6.07, 6.45) is 5.74. The Hall–Kier alpha value is -5.46. The molecule has 0 aliphatic carbocycles. The van der Waals surface area contributed by atoms with Gasteiger partial charge in [0.05, 0.1) is 0 Å². The van der Waals surface area contributed by atoms with Gasteiger partial charge in [-0.3, -0.25) is 0 Å². The van der Waals surface area contributed by atoms with Gasteiger partial charge in [-0.1, -0.05) is 171 Å². The third-order valence-corrected chi connectivity index (χ3v) is 7.84. The second-order valence-electron chi connectivity index (χ2n) is 10.8. The lowest BCUT2D eigenvalue weighted by Gasteiger charge is -2.11. The van der Waals surface area contributed by atoms with Crippen LogP contribution in [0.25, 0.3) is 49.7 Å². The van der Waals surface area contributed by atoms with Crippen molar-refractivity contribution in [3.63, 3.8) is 0 Å². The Labute approximate surface area is 262 Å². The maximum Gasteiger partial charge on any atom is -0.00990 e. The molecule has 0 atom stereocenters. The highest BCUT2D eigenvalue weighted by Crippen LogP contribution is 2.35. The zero-order valence-corrected chi connectivity index (χ0v) is 25.6. The average molecular weight is 567 g/mol. The van der Waals surface area contributed by atoms with Crippen LogP contribution < -0.4 is 0 Å². The Morgan fingerprint density at radius 2 is 0.932 bits per heavy atom. The van der Waals surface area contributed by atoms with Crippen molar-refractivity contribution in [2.45, 2.75) is 13.8 Å². The topological polar surface area (TPSA) is 0 Å². The van der Waals surface area contributed by atoms with Crippen molar-refractivity contribution >= 4 is 16.3 Å². The van der Waals surface area contributed by atoms with Crippen LogP contribution in [0.4, 0.5) is 0 Å². The first kappa shape index (κ1) is 30.0. The first-order valence-electron chi connectivity index (χ1n) is 15.0. The van der Waals surface area contributed by atoms with E-state index in [1.54, 1.807) is 6.08 Å².